The van der Waals surface area contributed by atoms with Gasteiger partial charge < -0.3 is 5.11 Å². The summed E-state index contributed by atoms with van der Waals surface area (Å²) in [4.78, 5) is 21.9. The van der Waals surface area contributed by atoms with Crippen molar-refractivity contribution in [1.82, 2.24) is 9.97 Å². The largest absolute Gasteiger partial charge is 0.478 e. The van der Waals surface area contributed by atoms with E-state index < -0.39 is 29.4 Å². The van der Waals surface area contributed by atoms with Crippen molar-refractivity contribution in [2.75, 3.05) is 19.2 Å². The van der Waals surface area contributed by atoms with Gasteiger partial charge in [-0.25, -0.2) is 14.8 Å². The lowest BCUT2D eigenvalue weighted by Crippen LogP contribution is -2.20. The highest BCUT2D eigenvalue weighted by molar-refractivity contribution is 6.29. The molecule has 31 heavy (non-hydrogen) atoms. The molecule has 0 saturated carbocycles. The van der Waals surface area contributed by atoms with Gasteiger partial charge in [-0.05, 0) is 18.2 Å². The lowest BCUT2D eigenvalue weighted by Gasteiger charge is -2.20. The molecule has 0 saturated heterocycles. The molecular formula is C17H13Cl2F6N3O3. The minimum absolute atomic E-state index is 0.186. The monoisotopic (exact) mass is 491 g/mol. The molecule has 14 heteroatoms. The second kappa shape index (κ2) is 10.6. The number of pyridine rings is 2. The van der Waals surface area contributed by atoms with Crippen LogP contribution >= 0.6 is 23.2 Å². The number of nitrogens with zero attached hydrogens (tertiary/aromatic N) is 3. The highest BCUT2D eigenvalue weighted by Crippen LogP contribution is 2.37. The summed E-state index contributed by atoms with van der Waals surface area (Å²) in [6.07, 6.45) is -5.81. The van der Waals surface area contributed by atoms with Crippen LogP contribution in [0, 0.1) is 0 Å². The molecule has 6 nitrogen and oxygen atoms in total. The zero-order chi connectivity index (χ0) is 24.0. The number of aromatic nitrogens is 2. The molecule has 0 fully saturated rings. The highest BCUT2D eigenvalue weighted by Gasteiger charge is 2.35. The van der Waals surface area contributed by atoms with Crippen molar-refractivity contribution < 1.29 is 41.1 Å². The SMILES string of the molecule is CON(C)c1cnc(Cl)cc1C(F)(F)F.O=C(O)C=Cc1cnc(Cl)cc1C(F)(F)F. The average molecular weight is 492 g/mol. The Morgan fingerprint density at radius 3 is 1.97 bits per heavy atom. The zero-order valence-electron chi connectivity index (χ0n) is 15.6. The summed E-state index contributed by atoms with van der Waals surface area (Å²) in [5.41, 5.74) is -2.44. The van der Waals surface area contributed by atoms with Crippen LogP contribution in [0.25, 0.3) is 6.08 Å². The molecule has 0 aliphatic rings. The molecular weight excluding hydrogens is 479 g/mol. The molecule has 0 atom stereocenters. The van der Waals surface area contributed by atoms with Crippen LogP contribution in [0.15, 0.2) is 30.6 Å². The van der Waals surface area contributed by atoms with Crippen LogP contribution in [0.5, 0.6) is 0 Å². The van der Waals surface area contributed by atoms with Gasteiger partial charge in [-0.2, -0.15) is 26.3 Å². The fraction of sp³-hybridized carbons (Fsp3) is 0.235. The van der Waals surface area contributed by atoms with E-state index in [1.165, 1.54) is 14.2 Å². The van der Waals surface area contributed by atoms with Crippen LogP contribution in [0.3, 0.4) is 0 Å². The van der Waals surface area contributed by atoms with Gasteiger partial charge in [0.2, 0.25) is 0 Å². The van der Waals surface area contributed by atoms with Gasteiger partial charge in [0.1, 0.15) is 10.3 Å². The number of halogens is 8. The number of carboxylic acids is 1. The fourth-order valence-corrected chi connectivity index (χ4v) is 2.29. The predicted molar refractivity (Wildman–Crippen MR) is 101 cm³/mol. The second-order valence-electron chi connectivity index (χ2n) is 5.47. The summed E-state index contributed by atoms with van der Waals surface area (Å²) in [6.45, 7) is 0. The molecule has 0 unspecified atom stereocenters. The van der Waals surface area contributed by atoms with Crippen LogP contribution in [-0.4, -0.2) is 35.2 Å². The number of rotatable bonds is 4. The predicted octanol–water partition coefficient (Wildman–Crippen LogP) is 5.60. The van der Waals surface area contributed by atoms with Gasteiger partial charge in [0.25, 0.3) is 0 Å². The molecule has 2 aromatic heterocycles. The Labute approximate surface area is 181 Å². The molecule has 2 rings (SSSR count). The third kappa shape index (κ3) is 8.23. The first-order valence-corrected chi connectivity index (χ1v) is 8.56. The highest BCUT2D eigenvalue weighted by atomic mass is 35.5. The maximum atomic E-state index is 12.6. The Morgan fingerprint density at radius 2 is 1.52 bits per heavy atom. The average Bonchev–Trinajstić information content (AvgIpc) is 2.65. The molecule has 170 valence electrons. The van der Waals surface area contributed by atoms with E-state index in [1.54, 1.807) is 0 Å². The first kappa shape index (κ1) is 26.5. The quantitative estimate of drug-likeness (QED) is 0.259. The lowest BCUT2D eigenvalue weighted by molar-refractivity contribution is -0.138. The summed E-state index contributed by atoms with van der Waals surface area (Å²) in [5, 5.41) is 8.75. The third-order valence-electron chi connectivity index (χ3n) is 3.38. The maximum absolute atomic E-state index is 12.6. The van der Waals surface area contributed by atoms with E-state index in [0.717, 1.165) is 29.6 Å². The summed E-state index contributed by atoms with van der Waals surface area (Å²) in [5.74, 6) is -1.34. The number of alkyl halides is 6. The minimum atomic E-state index is -4.61. The van der Waals surface area contributed by atoms with Crippen molar-refractivity contribution in [1.29, 1.82) is 0 Å². The lowest BCUT2D eigenvalue weighted by atomic mass is 10.1. The summed E-state index contributed by atoms with van der Waals surface area (Å²) < 4.78 is 75.1. The van der Waals surface area contributed by atoms with E-state index >= 15 is 0 Å². The van der Waals surface area contributed by atoms with Crippen LogP contribution in [0.4, 0.5) is 32.0 Å². The number of hydrogen-bond acceptors (Lipinski definition) is 5. The molecule has 0 aliphatic carbocycles. The standard InChI is InChI=1S/C9H5ClF3NO2.C8H8ClF3N2O/c10-7-3-6(9(11,12)13)5(4-14-7)1-2-8(15)16;1-14(15-2)6-4-13-7(9)3-5(6)8(10,11)12/h1-4H,(H,15,16);3-4H,1-2H3. The third-order valence-corrected chi connectivity index (χ3v) is 3.79. The summed E-state index contributed by atoms with van der Waals surface area (Å²) in [7, 11) is 2.61. The van der Waals surface area contributed by atoms with Crippen molar-refractivity contribution in [3.05, 3.63) is 57.6 Å². The molecule has 2 heterocycles. The van der Waals surface area contributed by atoms with E-state index in [1.807, 2.05) is 0 Å². The summed E-state index contributed by atoms with van der Waals surface area (Å²) >= 11 is 10.7. The molecule has 0 aromatic carbocycles. The number of anilines is 1. The van der Waals surface area contributed by atoms with Crippen molar-refractivity contribution in [3.63, 3.8) is 0 Å². The second-order valence-corrected chi connectivity index (χ2v) is 6.24. The molecule has 0 amide bonds. The van der Waals surface area contributed by atoms with E-state index in [4.69, 9.17) is 28.3 Å². The van der Waals surface area contributed by atoms with Crippen molar-refractivity contribution >= 4 is 40.9 Å². The van der Waals surface area contributed by atoms with Gasteiger partial charge in [0, 0.05) is 24.9 Å². The number of hydrogen-bond donors (Lipinski definition) is 1. The van der Waals surface area contributed by atoms with Crippen LogP contribution in [-0.2, 0) is 22.0 Å². The van der Waals surface area contributed by atoms with E-state index in [2.05, 4.69) is 14.8 Å². The number of carboxylic acid groups (broad SMARTS) is 1. The van der Waals surface area contributed by atoms with Gasteiger partial charge in [-0.3, -0.25) is 9.90 Å². The molecule has 1 N–H and O–H groups in total. The summed E-state index contributed by atoms with van der Waals surface area (Å²) in [6, 6.07) is 1.40. The Balaban J connectivity index is 0.000000311. The molecule has 2 aromatic rings. The Bertz CT molecular complexity index is 952. The topological polar surface area (TPSA) is 75.5 Å². The van der Waals surface area contributed by atoms with Crippen molar-refractivity contribution in [3.8, 4) is 0 Å². The molecule has 0 aliphatic heterocycles. The Morgan fingerprint density at radius 1 is 1.03 bits per heavy atom. The molecule has 0 radical (unpaired) electrons. The number of carbonyl (C=O) groups is 1. The van der Waals surface area contributed by atoms with Crippen LogP contribution in [0.2, 0.25) is 10.3 Å². The first-order valence-electron chi connectivity index (χ1n) is 7.81. The van der Waals surface area contributed by atoms with Gasteiger partial charge in [-0.15, -0.1) is 0 Å². The van der Waals surface area contributed by atoms with Crippen molar-refractivity contribution in [2.45, 2.75) is 12.4 Å². The van der Waals surface area contributed by atoms with Crippen molar-refractivity contribution in [2.24, 2.45) is 0 Å². The number of aliphatic carboxylic acids is 1. The van der Waals surface area contributed by atoms with E-state index in [-0.39, 0.29) is 21.6 Å². The van der Waals surface area contributed by atoms with Gasteiger partial charge in [0.05, 0.1) is 30.1 Å². The van der Waals surface area contributed by atoms with E-state index in [9.17, 15) is 31.1 Å². The number of hydroxylamine groups is 1. The van der Waals surface area contributed by atoms with Crippen LogP contribution < -0.4 is 5.06 Å². The Hall–Kier alpha value is -2.57. The van der Waals surface area contributed by atoms with E-state index in [0.29, 0.717) is 12.1 Å². The van der Waals surface area contributed by atoms with Gasteiger partial charge in [0.15, 0.2) is 0 Å². The zero-order valence-corrected chi connectivity index (χ0v) is 17.1. The van der Waals surface area contributed by atoms with Crippen LogP contribution in [0.1, 0.15) is 16.7 Å². The Kier molecular flexibility index (Phi) is 9.09. The molecule has 0 spiro atoms. The first-order chi connectivity index (χ1) is 14.2. The smallest absolute Gasteiger partial charge is 0.418 e. The minimum Gasteiger partial charge on any atom is -0.478 e. The normalized spacial score (nSPS) is 11.8. The fourth-order valence-electron chi connectivity index (χ4n) is 1.98. The van der Waals surface area contributed by atoms with Gasteiger partial charge >= 0.3 is 18.3 Å². The molecule has 0 bridgehead atoms. The maximum Gasteiger partial charge on any atom is 0.418 e. The van der Waals surface area contributed by atoms with Gasteiger partial charge in [-0.1, -0.05) is 23.2 Å².